The lowest BCUT2D eigenvalue weighted by molar-refractivity contribution is -0.140. The van der Waals surface area contributed by atoms with E-state index in [0.29, 0.717) is 5.56 Å². The average molecular weight is 300 g/mol. The third-order valence-electron chi connectivity index (χ3n) is 2.13. The molecule has 6 heteroatoms. The van der Waals surface area contributed by atoms with Crippen molar-refractivity contribution >= 4 is 15.9 Å². The van der Waals surface area contributed by atoms with E-state index in [1.165, 1.54) is 19.2 Å². The molecule has 16 heavy (non-hydrogen) atoms. The first-order chi connectivity index (χ1) is 7.33. The van der Waals surface area contributed by atoms with Gasteiger partial charge in [0.1, 0.15) is 5.82 Å². The van der Waals surface area contributed by atoms with Crippen LogP contribution in [-0.2, 0) is 0 Å². The molecule has 0 aliphatic carbocycles. The van der Waals surface area contributed by atoms with Crippen molar-refractivity contribution in [2.75, 3.05) is 7.05 Å². The van der Waals surface area contributed by atoms with Gasteiger partial charge in [-0.3, -0.25) is 0 Å². The van der Waals surface area contributed by atoms with Crippen LogP contribution in [0, 0.1) is 5.82 Å². The fourth-order valence-corrected chi connectivity index (χ4v) is 1.74. The summed E-state index contributed by atoms with van der Waals surface area (Å²) < 4.78 is 49.8. The number of rotatable bonds is 3. The van der Waals surface area contributed by atoms with Crippen molar-refractivity contribution in [1.29, 1.82) is 0 Å². The zero-order valence-corrected chi connectivity index (χ0v) is 9.99. The van der Waals surface area contributed by atoms with Gasteiger partial charge in [0.05, 0.1) is 10.9 Å². The maximum absolute atomic E-state index is 12.9. The Morgan fingerprint density at radius 1 is 1.38 bits per heavy atom. The Bertz CT molecular complexity index is 364. The molecule has 1 nitrogen and oxygen atoms in total. The Morgan fingerprint density at radius 3 is 2.44 bits per heavy atom. The van der Waals surface area contributed by atoms with E-state index in [1.54, 1.807) is 0 Å². The monoisotopic (exact) mass is 299 g/mol. The minimum atomic E-state index is -4.26. The van der Waals surface area contributed by atoms with E-state index in [-0.39, 0.29) is 4.47 Å². The summed E-state index contributed by atoms with van der Waals surface area (Å²) in [5, 5.41) is 2.56. The number of hydrogen-bond donors (Lipinski definition) is 1. The first-order valence-electron chi connectivity index (χ1n) is 4.52. The molecule has 0 aromatic heterocycles. The first-order valence-corrected chi connectivity index (χ1v) is 5.32. The summed E-state index contributed by atoms with van der Waals surface area (Å²) in [5.41, 5.74) is 0.396. The Kier molecular flexibility index (Phi) is 4.32. The first kappa shape index (κ1) is 13.4. The van der Waals surface area contributed by atoms with Crippen molar-refractivity contribution in [3.63, 3.8) is 0 Å². The molecule has 0 saturated carbocycles. The van der Waals surface area contributed by atoms with Crippen LogP contribution in [-0.4, -0.2) is 13.2 Å². The van der Waals surface area contributed by atoms with E-state index in [2.05, 4.69) is 21.2 Å². The van der Waals surface area contributed by atoms with Crippen LogP contribution in [0.5, 0.6) is 0 Å². The van der Waals surface area contributed by atoms with E-state index in [1.807, 2.05) is 0 Å². The number of nitrogens with one attached hydrogen (secondary N) is 1. The van der Waals surface area contributed by atoms with Crippen LogP contribution in [0.3, 0.4) is 0 Å². The third kappa shape index (κ3) is 3.75. The predicted octanol–water partition coefficient (Wildman–Crippen LogP) is 3.80. The molecule has 0 aliphatic rings. The highest BCUT2D eigenvalue weighted by Gasteiger charge is 2.32. The van der Waals surface area contributed by atoms with Gasteiger partial charge in [-0.25, -0.2) is 4.39 Å². The van der Waals surface area contributed by atoms with Gasteiger partial charge in [-0.1, -0.05) is 6.07 Å². The van der Waals surface area contributed by atoms with E-state index >= 15 is 0 Å². The zero-order chi connectivity index (χ0) is 12.3. The molecule has 0 spiro atoms. The molecule has 1 unspecified atom stereocenters. The van der Waals surface area contributed by atoms with Gasteiger partial charge < -0.3 is 5.32 Å². The van der Waals surface area contributed by atoms with Crippen LogP contribution in [0.4, 0.5) is 17.6 Å². The lowest BCUT2D eigenvalue weighted by Crippen LogP contribution is -2.23. The summed E-state index contributed by atoms with van der Waals surface area (Å²) >= 11 is 2.94. The lowest BCUT2D eigenvalue weighted by atomic mass is 10.0. The van der Waals surface area contributed by atoms with E-state index < -0.39 is 24.5 Å². The maximum atomic E-state index is 12.9. The van der Waals surface area contributed by atoms with Crippen molar-refractivity contribution in [3.05, 3.63) is 34.1 Å². The molecule has 0 saturated heterocycles. The lowest BCUT2D eigenvalue weighted by Gasteiger charge is -2.18. The average Bonchev–Trinajstić information content (AvgIpc) is 2.17. The molecule has 1 aromatic rings. The molecule has 90 valence electrons. The highest BCUT2D eigenvalue weighted by atomic mass is 79.9. The van der Waals surface area contributed by atoms with Gasteiger partial charge in [-0.2, -0.15) is 13.2 Å². The summed E-state index contributed by atoms with van der Waals surface area (Å²) in [6.45, 7) is 0. The molecule has 0 radical (unpaired) electrons. The van der Waals surface area contributed by atoms with Gasteiger partial charge in [-0.05, 0) is 40.7 Å². The quantitative estimate of drug-likeness (QED) is 0.837. The van der Waals surface area contributed by atoms with Gasteiger partial charge >= 0.3 is 6.18 Å². The number of hydrogen-bond acceptors (Lipinski definition) is 1. The molecule has 0 amide bonds. The normalized spacial score (nSPS) is 13.9. The maximum Gasteiger partial charge on any atom is 0.390 e. The third-order valence-corrected chi connectivity index (χ3v) is 2.74. The second-order valence-corrected chi connectivity index (χ2v) is 4.19. The van der Waals surface area contributed by atoms with Crippen molar-refractivity contribution in [3.8, 4) is 0 Å². The van der Waals surface area contributed by atoms with Gasteiger partial charge in [0.25, 0.3) is 0 Å². The van der Waals surface area contributed by atoms with E-state index in [0.717, 1.165) is 6.07 Å². The van der Waals surface area contributed by atoms with Crippen LogP contribution in [0.15, 0.2) is 22.7 Å². The smallest absolute Gasteiger partial charge is 0.313 e. The van der Waals surface area contributed by atoms with Gasteiger partial charge in [-0.15, -0.1) is 0 Å². The molecule has 0 bridgehead atoms. The fourth-order valence-electron chi connectivity index (χ4n) is 1.35. The summed E-state index contributed by atoms with van der Waals surface area (Å²) in [4.78, 5) is 0. The zero-order valence-electron chi connectivity index (χ0n) is 8.41. The summed E-state index contributed by atoms with van der Waals surface area (Å²) in [6, 6.07) is 2.96. The van der Waals surface area contributed by atoms with Gasteiger partial charge in [0.2, 0.25) is 0 Å². The van der Waals surface area contributed by atoms with Crippen molar-refractivity contribution in [1.82, 2.24) is 5.32 Å². The Balaban J connectivity index is 2.91. The summed E-state index contributed by atoms with van der Waals surface area (Å²) in [5.74, 6) is -0.495. The number of halogens is 5. The SMILES string of the molecule is CNC(CC(F)(F)F)c1ccc(F)c(Br)c1. The molecule has 1 rings (SSSR count). The second kappa shape index (κ2) is 5.14. The van der Waals surface area contributed by atoms with Crippen molar-refractivity contribution < 1.29 is 17.6 Å². The highest BCUT2D eigenvalue weighted by molar-refractivity contribution is 9.10. The van der Waals surface area contributed by atoms with Crippen LogP contribution in [0.25, 0.3) is 0 Å². The van der Waals surface area contributed by atoms with Crippen LogP contribution < -0.4 is 5.32 Å². The van der Waals surface area contributed by atoms with E-state index in [4.69, 9.17) is 0 Å². The number of benzene rings is 1. The molecule has 0 heterocycles. The molecule has 1 atom stereocenters. The molecule has 0 aliphatic heterocycles. The molecular formula is C10H10BrF4N. The largest absolute Gasteiger partial charge is 0.390 e. The standard InChI is InChI=1S/C10H10BrF4N/c1-16-9(5-10(13,14)15)6-2-3-8(12)7(11)4-6/h2-4,9,16H,5H2,1H3. The Labute approximate surface area is 99.0 Å². The van der Waals surface area contributed by atoms with Gasteiger partial charge in [0, 0.05) is 6.04 Å². The van der Waals surface area contributed by atoms with Crippen molar-refractivity contribution in [2.24, 2.45) is 0 Å². The molecular weight excluding hydrogens is 290 g/mol. The van der Waals surface area contributed by atoms with Crippen LogP contribution >= 0.6 is 15.9 Å². The minimum Gasteiger partial charge on any atom is -0.313 e. The van der Waals surface area contributed by atoms with Gasteiger partial charge in [0.15, 0.2) is 0 Å². The summed E-state index contributed by atoms with van der Waals surface area (Å²) in [7, 11) is 1.44. The van der Waals surface area contributed by atoms with E-state index in [9.17, 15) is 17.6 Å². The Hall–Kier alpha value is -0.620. The summed E-state index contributed by atoms with van der Waals surface area (Å²) in [6.07, 6.45) is -5.24. The fraction of sp³-hybridized carbons (Fsp3) is 0.400. The molecule has 0 fully saturated rings. The predicted molar refractivity (Wildman–Crippen MR) is 56.6 cm³/mol. The second-order valence-electron chi connectivity index (χ2n) is 3.33. The van der Waals surface area contributed by atoms with Crippen LogP contribution in [0.2, 0.25) is 0 Å². The molecule has 1 aromatic carbocycles. The minimum absolute atomic E-state index is 0.160. The molecule has 1 N–H and O–H groups in total. The Morgan fingerprint density at radius 2 is 2.00 bits per heavy atom. The topological polar surface area (TPSA) is 12.0 Å². The number of alkyl halides is 3. The highest BCUT2D eigenvalue weighted by Crippen LogP contribution is 2.30. The van der Waals surface area contributed by atoms with Crippen LogP contribution in [0.1, 0.15) is 18.0 Å². The van der Waals surface area contributed by atoms with Crippen molar-refractivity contribution in [2.45, 2.75) is 18.6 Å².